The second-order valence-corrected chi connectivity index (χ2v) is 6.61. The van der Waals surface area contributed by atoms with Crippen molar-refractivity contribution in [1.29, 1.82) is 0 Å². The van der Waals surface area contributed by atoms with E-state index in [1.54, 1.807) is 24.3 Å². The Morgan fingerprint density at radius 1 is 1.25 bits per heavy atom. The van der Waals surface area contributed by atoms with Gasteiger partial charge in [0.15, 0.2) is 30.0 Å². The normalized spacial score (nSPS) is 20.2. The van der Waals surface area contributed by atoms with E-state index in [2.05, 4.69) is 4.90 Å². The van der Waals surface area contributed by atoms with E-state index in [1.165, 1.54) is 7.11 Å². The number of cyclic esters (lactones) is 1. The van der Waals surface area contributed by atoms with Crippen molar-refractivity contribution >= 4 is 11.8 Å². The van der Waals surface area contributed by atoms with Gasteiger partial charge in [-0.1, -0.05) is 12.1 Å². The Hall–Kier alpha value is -2.58. The zero-order chi connectivity index (χ0) is 19.9. The average Bonchev–Trinajstić information content (AvgIpc) is 3.00. The van der Waals surface area contributed by atoms with Crippen LogP contribution in [0.3, 0.4) is 0 Å². The zero-order valence-corrected chi connectivity index (χ0v) is 15.9. The largest absolute Gasteiger partial charge is 0.507 e. The molecular formula is C20H25NO7. The summed E-state index contributed by atoms with van der Waals surface area (Å²) in [4.78, 5) is 26.7. The van der Waals surface area contributed by atoms with Crippen LogP contribution in [0.4, 0.5) is 0 Å². The molecule has 0 bridgehead atoms. The average molecular weight is 391 g/mol. The molecule has 0 amide bonds. The first-order chi connectivity index (χ1) is 13.6. The summed E-state index contributed by atoms with van der Waals surface area (Å²) in [7, 11) is 1.49. The van der Waals surface area contributed by atoms with Gasteiger partial charge in [-0.2, -0.15) is 0 Å². The van der Waals surface area contributed by atoms with Gasteiger partial charge in [0, 0.05) is 13.1 Å². The van der Waals surface area contributed by atoms with Crippen molar-refractivity contribution in [2.75, 3.05) is 46.6 Å². The van der Waals surface area contributed by atoms with E-state index in [0.717, 1.165) is 26.1 Å². The number of aliphatic hydroxyl groups excluding tert-OH is 1. The predicted octanol–water partition coefficient (Wildman–Crippen LogP) is 1.49. The Kier molecular flexibility index (Phi) is 6.89. The van der Waals surface area contributed by atoms with Gasteiger partial charge in [0.25, 0.3) is 0 Å². The Morgan fingerprint density at radius 3 is 2.68 bits per heavy atom. The number of benzene rings is 1. The molecule has 0 spiro atoms. The van der Waals surface area contributed by atoms with Gasteiger partial charge in [0.2, 0.25) is 5.78 Å². The second kappa shape index (κ2) is 9.57. The number of hydrogen-bond donors (Lipinski definition) is 1. The summed E-state index contributed by atoms with van der Waals surface area (Å²) in [5.41, 5.74) is -0.328. The van der Waals surface area contributed by atoms with Gasteiger partial charge in [0.05, 0.1) is 20.3 Å². The Morgan fingerprint density at radius 2 is 1.96 bits per heavy atom. The van der Waals surface area contributed by atoms with Crippen LogP contribution in [-0.2, 0) is 19.1 Å². The van der Waals surface area contributed by atoms with Crippen molar-refractivity contribution in [1.82, 2.24) is 4.90 Å². The Bertz CT molecular complexity index is 740. The number of carbonyl (C=O) groups excluding carboxylic acids is 2. The van der Waals surface area contributed by atoms with Crippen LogP contribution in [0.1, 0.15) is 12.8 Å². The van der Waals surface area contributed by atoms with E-state index < -0.39 is 24.5 Å². The SMILES string of the molecule is COc1ccccc1OCC(=O)C1=C(O)C(CCCN2CCOCC2)OC1=O. The molecule has 1 saturated heterocycles. The van der Waals surface area contributed by atoms with Crippen LogP contribution >= 0.6 is 0 Å². The number of carbonyl (C=O) groups is 2. The van der Waals surface area contributed by atoms with Crippen LogP contribution < -0.4 is 9.47 Å². The molecule has 1 unspecified atom stereocenters. The number of nitrogens with zero attached hydrogens (tertiary/aromatic N) is 1. The summed E-state index contributed by atoms with van der Waals surface area (Å²) < 4.78 is 21.1. The van der Waals surface area contributed by atoms with Gasteiger partial charge in [-0.25, -0.2) is 4.79 Å². The molecule has 152 valence electrons. The summed E-state index contributed by atoms with van der Waals surface area (Å²) >= 11 is 0. The topological polar surface area (TPSA) is 94.5 Å². The molecule has 0 aliphatic carbocycles. The van der Waals surface area contributed by atoms with Crippen LogP contribution in [-0.4, -0.2) is 74.4 Å². The van der Waals surface area contributed by atoms with Crippen molar-refractivity contribution in [2.45, 2.75) is 18.9 Å². The fourth-order valence-corrected chi connectivity index (χ4v) is 3.24. The van der Waals surface area contributed by atoms with E-state index in [0.29, 0.717) is 31.1 Å². The Labute approximate surface area is 163 Å². The smallest absolute Gasteiger partial charge is 0.346 e. The molecule has 1 fully saturated rings. The first-order valence-electron chi connectivity index (χ1n) is 9.33. The molecule has 1 aromatic carbocycles. The lowest BCUT2D eigenvalue weighted by Gasteiger charge is -2.26. The molecule has 0 saturated carbocycles. The molecule has 2 aliphatic rings. The maximum atomic E-state index is 12.4. The number of esters is 1. The fraction of sp³-hybridized carbons (Fsp3) is 0.500. The minimum atomic E-state index is -0.803. The molecule has 8 heteroatoms. The van der Waals surface area contributed by atoms with Gasteiger partial charge in [-0.3, -0.25) is 9.69 Å². The molecular weight excluding hydrogens is 366 g/mol. The number of ketones is 1. The molecule has 1 N–H and O–H groups in total. The lowest BCUT2D eigenvalue weighted by molar-refractivity contribution is -0.141. The summed E-state index contributed by atoms with van der Waals surface area (Å²) in [6.45, 7) is 3.61. The van der Waals surface area contributed by atoms with Crippen LogP contribution in [0.5, 0.6) is 11.5 Å². The highest BCUT2D eigenvalue weighted by Gasteiger charge is 2.38. The number of morpholine rings is 1. The third kappa shape index (κ3) is 4.82. The quantitative estimate of drug-likeness (QED) is 0.500. The number of Topliss-reactive ketones (excluding diaryl/α,β-unsaturated/α-hetero) is 1. The predicted molar refractivity (Wildman–Crippen MR) is 99.5 cm³/mol. The fourth-order valence-electron chi connectivity index (χ4n) is 3.24. The standard InChI is InChI=1S/C20H25NO7/c1-25-15-5-2-3-6-16(15)27-13-14(22)18-19(23)17(28-20(18)24)7-4-8-21-9-11-26-12-10-21/h2-3,5-6,17,23H,4,7-13H2,1H3. The van der Waals surface area contributed by atoms with Crippen molar-refractivity contribution in [3.8, 4) is 11.5 Å². The van der Waals surface area contributed by atoms with E-state index >= 15 is 0 Å². The molecule has 3 rings (SSSR count). The number of aliphatic hydroxyl groups is 1. The first kappa shape index (κ1) is 20.2. The number of methoxy groups -OCH3 is 1. The number of rotatable bonds is 9. The van der Waals surface area contributed by atoms with Crippen molar-refractivity contribution in [3.63, 3.8) is 0 Å². The molecule has 2 aliphatic heterocycles. The highest BCUT2D eigenvalue weighted by atomic mass is 16.6. The lowest BCUT2D eigenvalue weighted by Crippen LogP contribution is -2.37. The van der Waals surface area contributed by atoms with E-state index in [1.807, 2.05) is 0 Å². The van der Waals surface area contributed by atoms with Gasteiger partial charge in [0.1, 0.15) is 5.57 Å². The summed E-state index contributed by atoms with van der Waals surface area (Å²) in [6, 6.07) is 6.87. The zero-order valence-electron chi connectivity index (χ0n) is 15.9. The third-order valence-electron chi connectivity index (χ3n) is 4.77. The minimum Gasteiger partial charge on any atom is -0.507 e. The monoisotopic (exact) mass is 391 g/mol. The molecule has 28 heavy (non-hydrogen) atoms. The van der Waals surface area contributed by atoms with Crippen LogP contribution in [0.25, 0.3) is 0 Å². The lowest BCUT2D eigenvalue weighted by atomic mass is 10.1. The van der Waals surface area contributed by atoms with Crippen molar-refractivity contribution in [3.05, 3.63) is 35.6 Å². The number of para-hydroxylation sites is 2. The molecule has 1 atom stereocenters. The van der Waals surface area contributed by atoms with Gasteiger partial charge in [-0.15, -0.1) is 0 Å². The minimum absolute atomic E-state index is 0.305. The Balaban J connectivity index is 1.54. The van der Waals surface area contributed by atoms with Crippen molar-refractivity contribution in [2.24, 2.45) is 0 Å². The summed E-state index contributed by atoms with van der Waals surface area (Å²) in [5, 5.41) is 10.3. The van der Waals surface area contributed by atoms with Crippen LogP contribution in [0, 0.1) is 0 Å². The molecule has 2 heterocycles. The van der Waals surface area contributed by atoms with E-state index in [-0.39, 0.29) is 11.3 Å². The highest BCUT2D eigenvalue weighted by molar-refractivity contribution is 6.19. The van der Waals surface area contributed by atoms with E-state index in [9.17, 15) is 14.7 Å². The van der Waals surface area contributed by atoms with Crippen LogP contribution in [0.2, 0.25) is 0 Å². The van der Waals surface area contributed by atoms with Crippen LogP contribution in [0.15, 0.2) is 35.6 Å². The second-order valence-electron chi connectivity index (χ2n) is 6.61. The maximum Gasteiger partial charge on any atom is 0.346 e. The van der Waals surface area contributed by atoms with E-state index in [4.69, 9.17) is 18.9 Å². The van der Waals surface area contributed by atoms with Gasteiger partial charge < -0.3 is 24.1 Å². The maximum absolute atomic E-state index is 12.4. The summed E-state index contributed by atoms with van der Waals surface area (Å²) in [6.07, 6.45) is 0.416. The number of ether oxygens (including phenoxy) is 4. The van der Waals surface area contributed by atoms with Gasteiger partial charge in [-0.05, 0) is 31.5 Å². The molecule has 0 radical (unpaired) electrons. The number of hydrogen-bond acceptors (Lipinski definition) is 8. The summed E-state index contributed by atoms with van der Waals surface area (Å²) in [5.74, 6) is -0.873. The first-order valence-corrected chi connectivity index (χ1v) is 9.33. The molecule has 1 aromatic rings. The molecule has 0 aromatic heterocycles. The molecule has 8 nitrogen and oxygen atoms in total. The third-order valence-corrected chi connectivity index (χ3v) is 4.77. The van der Waals surface area contributed by atoms with Crippen molar-refractivity contribution < 1.29 is 33.6 Å². The van der Waals surface area contributed by atoms with Gasteiger partial charge >= 0.3 is 5.97 Å². The highest BCUT2D eigenvalue weighted by Crippen LogP contribution is 2.28.